The number of hydrogen-bond donors (Lipinski definition) is 1. The highest BCUT2D eigenvalue weighted by atomic mass is 32.1. The molecule has 6 fully saturated rings. The summed E-state index contributed by atoms with van der Waals surface area (Å²) in [4.78, 5) is 12.8. The number of benzene rings is 2. The van der Waals surface area contributed by atoms with Crippen LogP contribution in [0.25, 0.3) is 32.1 Å². The van der Waals surface area contributed by atoms with E-state index in [9.17, 15) is 27.2 Å². The van der Waals surface area contributed by atoms with Gasteiger partial charge in [-0.1, -0.05) is 6.07 Å². The van der Waals surface area contributed by atoms with Crippen LogP contribution in [0.1, 0.15) is 43.2 Å². The van der Waals surface area contributed by atoms with Gasteiger partial charge in [0, 0.05) is 55.4 Å². The molecule has 4 aromatic rings. The number of anilines is 2. The van der Waals surface area contributed by atoms with Crippen LogP contribution in [0.2, 0.25) is 0 Å². The molecule has 0 amide bonds. The van der Waals surface area contributed by atoms with E-state index in [1.165, 1.54) is 0 Å². The second-order valence-electron chi connectivity index (χ2n) is 14.0. The number of thiophene rings is 1. The van der Waals surface area contributed by atoms with Crippen molar-refractivity contribution in [1.82, 2.24) is 14.9 Å². The van der Waals surface area contributed by atoms with E-state index >= 15 is 4.39 Å². The second-order valence-corrected chi connectivity index (χ2v) is 15.0. The van der Waals surface area contributed by atoms with Crippen molar-refractivity contribution in [2.75, 3.05) is 43.4 Å². The van der Waals surface area contributed by atoms with Crippen LogP contribution in [0, 0.1) is 28.4 Å². The van der Waals surface area contributed by atoms with Crippen molar-refractivity contribution in [3.63, 3.8) is 0 Å². The third-order valence-corrected chi connectivity index (χ3v) is 11.8. The number of nitrogens with two attached hydrogens (primary N) is 1. The summed E-state index contributed by atoms with van der Waals surface area (Å²) in [6, 6.07) is 4.36. The Balaban J connectivity index is 1.23. The Morgan fingerprint density at radius 1 is 1.15 bits per heavy atom. The van der Waals surface area contributed by atoms with Gasteiger partial charge in [-0.15, -0.1) is 11.3 Å². The minimum absolute atomic E-state index is 0.0435. The lowest BCUT2D eigenvalue weighted by Crippen LogP contribution is -2.57. The van der Waals surface area contributed by atoms with E-state index in [4.69, 9.17) is 15.2 Å². The van der Waals surface area contributed by atoms with Gasteiger partial charge in [-0.05, 0) is 42.4 Å². The molecule has 8 nitrogen and oxygen atoms in total. The lowest BCUT2D eigenvalue weighted by Gasteiger charge is -2.47. The van der Waals surface area contributed by atoms with E-state index in [-0.39, 0.29) is 74.1 Å². The fourth-order valence-electron chi connectivity index (χ4n) is 8.55. The first kappa shape index (κ1) is 30.2. The highest BCUT2D eigenvalue weighted by Crippen LogP contribution is 2.61. The first-order chi connectivity index (χ1) is 22.9. The number of aromatic nitrogens is 2. The van der Waals surface area contributed by atoms with Crippen molar-refractivity contribution in [3.8, 4) is 23.2 Å². The quantitative estimate of drug-likeness (QED) is 0.235. The number of hydrogen-bond acceptors (Lipinski definition) is 9. The predicted molar refractivity (Wildman–Crippen MR) is 165 cm³/mol. The maximum Gasteiger partial charge on any atom is 0.417 e. The minimum Gasteiger partial charge on any atom is -0.461 e. The molecule has 48 heavy (non-hydrogen) atoms. The van der Waals surface area contributed by atoms with Gasteiger partial charge in [0.15, 0.2) is 5.82 Å². The van der Waals surface area contributed by atoms with Gasteiger partial charge in [0.05, 0.1) is 33.6 Å². The van der Waals surface area contributed by atoms with Crippen LogP contribution in [0.15, 0.2) is 18.2 Å². The first-order valence-corrected chi connectivity index (χ1v) is 16.6. The van der Waals surface area contributed by atoms with Crippen LogP contribution in [-0.2, 0) is 10.9 Å². The number of rotatable bonds is 5. The molecule has 0 radical (unpaired) electrons. The average Bonchev–Trinajstić information content (AvgIpc) is 3.45. The SMILES string of the molecule is N#Cc1c(N)sc2c(F)ccc(-c3c(C(F)(F)F)cc4c(N5CC6CC(C5)O6)nc(OCC56CC(F)CN5CC5(CC5)C6)nc4c3F)c12. The lowest BCUT2D eigenvalue weighted by molar-refractivity contribution is -0.137. The van der Waals surface area contributed by atoms with E-state index < -0.39 is 46.2 Å². The summed E-state index contributed by atoms with van der Waals surface area (Å²) in [6.07, 6.45) is -2.42. The van der Waals surface area contributed by atoms with Gasteiger partial charge < -0.3 is 20.1 Å². The van der Waals surface area contributed by atoms with Gasteiger partial charge in [0.1, 0.15) is 41.0 Å². The summed E-state index contributed by atoms with van der Waals surface area (Å²) in [5, 5.41) is 9.32. The Bertz CT molecular complexity index is 2060. The molecule has 10 rings (SSSR count). The predicted octanol–water partition coefficient (Wildman–Crippen LogP) is 6.59. The molecule has 1 aliphatic carbocycles. The Hall–Kier alpha value is -3.87. The number of fused-ring (bicyclic) bond motifs is 5. The molecule has 2 aromatic carbocycles. The Morgan fingerprint density at radius 2 is 1.90 bits per heavy atom. The fraction of sp³-hybridized carbons (Fsp3) is 0.485. The second kappa shape index (κ2) is 10.1. The number of alkyl halides is 4. The largest absolute Gasteiger partial charge is 0.461 e. The van der Waals surface area contributed by atoms with Gasteiger partial charge in [-0.25, -0.2) is 13.2 Å². The van der Waals surface area contributed by atoms with Gasteiger partial charge in [-0.2, -0.15) is 28.4 Å². The highest BCUT2D eigenvalue weighted by Gasteiger charge is 2.62. The fourth-order valence-corrected chi connectivity index (χ4v) is 9.50. The van der Waals surface area contributed by atoms with Crippen molar-refractivity contribution in [2.24, 2.45) is 5.41 Å². The van der Waals surface area contributed by atoms with E-state index in [2.05, 4.69) is 14.9 Å². The number of nitriles is 1. The number of piperidine rings is 1. The van der Waals surface area contributed by atoms with Crippen LogP contribution in [0.5, 0.6) is 6.01 Å². The van der Waals surface area contributed by atoms with Crippen LogP contribution in [0.4, 0.5) is 37.2 Å². The summed E-state index contributed by atoms with van der Waals surface area (Å²) in [5.74, 6) is -2.06. The molecule has 15 heteroatoms. The summed E-state index contributed by atoms with van der Waals surface area (Å²) < 4.78 is 103. The third-order valence-electron chi connectivity index (χ3n) is 10.8. The average molecular weight is 687 g/mol. The van der Waals surface area contributed by atoms with Crippen molar-refractivity contribution in [3.05, 3.63) is 41.0 Å². The van der Waals surface area contributed by atoms with Gasteiger partial charge >= 0.3 is 12.2 Å². The molecular weight excluding hydrogens is 658 g/mol. The van der Waals surface area contributed by atoms with E-state index in [0.717, 1.165) is 50.4 Å². The normalized spacial score (nSPS) is 27.4. The maximum absolute atomic E-state index is 17.0. The Labute approximate surface area is 274 Å². The molecule has 6 aliphatic rings. The zero-order chi connectivity index (χ0) is 33.3. The Morgan fingerprint density at radius 3 is 2.58 bits per heavy atom. The van der Waals surface area contributed by atoms with Gasteiger partial charge in [-0.3, -0.25) is 4.90 Å². The van der Waals surface area contributed by atoms with Gasteiger partial charge in [0.2, 0.25) is 0 Å². The zero-order valence-electron chi connectivity index (χ0n) is 25.3. The van der Waals surface area contributed by atoms with Crippen molar-refractivity contribution in [2.45, 2.75) is 62.2 Å². The molecule has 2 N–H and O–H groups in total. The lowest BCUT2D eigenvalue weighted by atomic mass is 9.89. The van der Waals surface area contributed by atoms with Gasteiger partial charge in [0.25, 0.3) is 0 Å². The standard InChI is InChI=1S/C33H28F6N6O2S/c34-15-7-32(12-31(3-4-31)13-45(32)9-15)14-46-30-42-26-19(29(43-30)44-10-16-5-17(11-44)47-16)6-21(33(37,38)39)24(25(26)36)18-1-2-22(35)27-23(18)20(8-40)28(41)48-27/h1-2,6,15-17H,3-5,7,9-14,41H2. The van der Waals surface area contributed by atoms with Crippen LogP contribution in [0.3, 0.4) is 0 Å². The van der Waals surface area contributed by atoms with Crippen molar-refractivity contribution >= 4 is 43.1 Å². The molecule has 5 saturated heterocycles. The van der Waals surface area contributed by atoms with E-state index in [1.54, 1.807) is 4.90 Å². The van der Waals surface area contributed by atoms with Crippen molar-refractivity contribution < 1.29 is 35.8 Å². The van der Waals surface area contributed by atoms with E-state index in [0.29, 0.717) is 31.0 Å². The summed E-state index contributed by atoms with van der Waals surface area (Å²) >= 11 is 0.701. The molecule has 2 aromatic heterocycles. The molecule has 250 valence electrons. The maximum atomic E-state index is 17.0. The number of ether oxygens (including phenoxy) is 2. The molecule has 1 saturated carbocycles. The smallest absolute Gasteiger partial charge is 0.417 e. The molecule has 1 spiro atoms. The molecular formula is C33H28F6N6O2S. The molecule has 2 bridgehead atoms. The Kier molecular flexibility index (Phi) is 6.35. The monoisotopic (exact) mass is 686 g/mol. The number of morpholine rings is 1. The number of halogens is 6. The van der Waals surface area contributed by atoms with Crippen LogP contribution >= 0.6 is 11.3 Å². The molecule has 7 heterocycles. The minimum atomic E-state index is -5.06. The van der Waals surface area contributed by atoms with Crippen LogP contribution in [-0.4, -0.2) is 71.6 Å². The molecule has 5 aliphatic heterocycles. The van der Waals surface area contributed by atoms with Crippen molar-refractivity contribution in [1.29, 1.82) is 5.26 Å². The first-order valence-electron chi connectivity index (χ1n) is 15.8. The number of nitrogens with zero attached hydrogens (tertiary/aromatic N) is 5. The molecule has 4 unspecified atom stereocenters. The summed E-state index contributed by atoms with van der Waals surface area (Å²) in [6.45, 7) is 1.78. The highest BCUT2D eigenvalue weighted by molar-refractivity contribution is 7.23. The molecule has 4 atom stereocenters. The third kappa shape index (κ3) is 4.48. The van der Waals surface area contributed by atoms with Crippen LogP contribution < -0.4 is 15.4 Å². The zero-order valence-corrected chi connectivity index (χ0v) is 26.2. The summed E-state index contributed by atoms with van der Waals surface area (Å²) in [5.41, 5.74) is 2.30. The topological polar surface area (TPSA) is 101 Å². The van der Waals surface area contributed by atoms with E-state index in [1.807, 2.05) is 6.07 Å². The number of nitrogen functional groups attached to an aromatic ring is 1. The summed E-state index contributed by atoms with van der Waals surface area (Å²) in [7, 11) is 0.